The highest BCUT2D eigenvalue weighted by Gasteiger charge is 1.99. The van der Waals surface area contributed by atoms with Gasteiger partial charge in [-0.1, -0.05) is 12.1 Å². The molecule has 0 amide bonds. The van der Waals surface area contributed by atoms with Gasteiger partial charge in [-0.3, -0.25) is 0 Å². The molecular weight excluding hydrogens is 216 g/mol. The maximum Gasteiger partial charge on any atom is 0.119 e. The SMILES string of the molecule is CC(N)Cc1ccc(OCCCCON)cc1. The van der Waals surface area contributed by atoms with Gasteiger partial charge in [0, 0.05) is 6.04 Å². The summed E-state index contributed by atoms with van der Waals surface area (Å²) >= 11 is 0. The Labute approximate surface area is 103 Å². The molecule has 1 aromatic carbocycles. The van der Waals surface area contributed by atoms with E-state index in [0.717, 1.165) is 25.0 Å². The number of nitrogens with two attached hydrogens (primary N) is 2. The molecule has 17 heavy (non-hydrogen) atoms. The molecule has 0 saturated carbocycles. The van der Waals surface area contributed by atoms with Gasteiger partial charge in [0.2, 0.25) is 0 Å². The maximum absolute atomic E-state index is 5.74. The lowest BCUT2D eigenvalue weighted by atomic mass is 10.1. The summed E-state index contributed by atoms with van der Waals surface area (Å²) in [4.78, 5) is 4.48. The zero-order valence-corrected chi connectivity index (χ0v) is 10.4. The number of hydrogen-bond donors (Lipinski definition) is 2. The number of unbranched alkanes of at least 4 members (excludes halogenated alkanes) is 1. The molecule has 1 rings (SSSR count). The van der Waals surface area contributed by atoms with E-state index >= 15 is 0 Å². The van der Waals surface area contributed by atoms with Crippen molar-refractivity contribution in [2.75, 3.05) is 13.2 Å². The summed E-state index contributed by atoms with van der Waals surface area (Å²) in [6, 6.07) is 8.27. The van der Waals surface area contributed by atoms with Gasteiger partial charge in [0.05, 0.1) is 13.2 Å². The van der Waals surface area contributed by atoms with E-state index in [9.17, 15) is 0 Å². The quantitative estimate of drug-likeness (QED) is 0.533. The third-order valence-corrected chi connectivity index (χ3v) is 2.41. The molecule has 4 heteroatoms. The molecule has 1 aromatic rings. The first kappa shape index (κ1) is 14.0. The van der Waals surface area contributed by atoms with Crippen LogP contribution >= 0.6 is 0 Å². The molecule has 1 unspecified atom stereocenters. The molecule has 4 nitrogen and oxygen atoms in total. The summed E-state index contributed by atoms with van der Waals surface area (Å²) in [5, 5.41) is 0. The van der Waals surface area contributed by atoms with Crippen LogP contribution in [-0.2, 0) is 11.3 Å². The van der Waals surface area contributed by atoms with Crippen LogP contribution in [-0.4, -0.2) is 19.3 Å². The van der Waals surface area contributed by atoms with E-state index in [1.807, 2.05) is 19.1 Å². The standard InChI is InChI=1S/C13H22N2O2/c1-11(14)10-12-4-6-13(7-5-12)16-8-2-3-9-17-15/h4-7,11H,2-3,8-10,14-15H2,1H3. The average Bonchev–Trinajstić information content (AvgIpc) is 2.30. The van der Waals surface area contributed by atoms with Crippen molar-refractivity contribution in [3.63, 3.8) is 0 Å². The number of ether oxygens (including phenoxy) is 1. The maximum atomic E-state index is 5.74. The van der Waals surface area contributed by atoms with E-state index in [0.29, 0.717) is 13.2 Å². The fraction of sp³-hybridized carbons (Fsp3) is 0.538. The first-order valence-electron chi connectivity index (χ1n) is 6.01. The Morgan fingerprint density at radius 1 is 1.12 bits per heavy atom. The lowest BCUT2D eigenvalue weighted by Crippen LogP contribution is -2.17. The minimum absolute atomic E-state index is 0.193. The van der Waals surface area contributed by atoms with Gasteiger partial charge in [-0.15, -0.1) is 0 Å². The van der Waals surface area contributed by atoms with Gasteiger partial charge in [-0.25, -0.2) is 5.90 Å². The normalized spacial score (nSPS) is 12.4. The molecule has 0 heterocycles. The fourth-order valence-electron chi connectivity index (χ4n) is 1.57. The van der Waals surface area contributed by atoms with Crippen molar-refractivity contribution in [3.05, 3.63) is 29.8 Å². The highest BCUT2D eigenvalue weighted by Crippen LogP contribution is 2.13. The van der Waals surface area contributed by atoms with Crippen molar-refractivity contribution in [1.29, 1.82) is 0 Å². The number of benzene rings is 1. The van der Waals surface area contributed by atoms with Gasteiger partial charge in [-0.2, -0.15) is 0 Å². The molecule has 0 aromatic heterocycles. The van der Waals surface area contributed by atoms with Crippen LogP contribution in [0.15, 0.2) is 24.3 Å². The van der Waals surface area contributed by atoms with E-state index in [1.165, 1.54) is 5.56 Å². The van der Waals surface area contributed by atoms with Crippen molar-refractivity contribution in [2.24, 2.45) is 11.6 Å². The smallest absolute Gasteiger partial charge is 0.119 e. The summed E-state index contributed by atoms with van der Waals surface area (Å²) in [5.74, 6) is 5.82. The summed E-state index contributed by atoms with van der Waals surface area (Å²) < 4.78 is 5.58. The Bertz CT molecular complexity index is 299. The molecule has 0 saturated heterocycles. The van der Waals surface area contributed by atoms with E-state index in [-0.39, 0.29) is 6.04 Å². The van der Waals surface area contributed by atoms with Gasteiger partial charge in [0.25, 0.3) is 0 Å². The van der Waals surface area contributed by atoms with Crippen molar-refractivity contribution in [2.45, 2.75) is 32.2 Å². The van der Waals surface area contributed by atoms with E-state index < -0.39 is 0 Å². The van der Waals surface area contributed by atoms with Gasteiger partial charge < -0.3 is 15.3 Å². The van der Waals surface area contributed by atoms with Crippen LogP contribution in [0.1, 0.15) is 25.3 Å². The molecule has 1 atom stereocenters. The van der Waals surface area contributed by atoms with Crippen molar-refractivity contribution in [3.8, 4) is 5.75 Å². The second-order valence-electron chi connectivity index (χ2n) is 4.25. The molecule has 0 aliphatic carbocycles. The third kappa shape index (κ3) is 6.26. The molecule has 0 bridgehead atoms. The highest BCUT2D eigenvalue weighted by atomic mass is 16.6. The van der Waals surface area contributed by atoms with Gasteiger partial charge in [-0.05, 0) is 43.9 Å². The molecule has 4 N–H and O–H groups in total. The Morgan fingerprint density at radius 2 is 1.76 bits per heavy atom. The van der Waals surface area contributed by atoms with Crippen LogP contribution in [0, 0.1) is 0 Å². The summed E-state index contributed by atoms with van der Waals surface area (Å²) in [5.41, 5.74) is 6.98. The predicted molar refractivity (Wildman–Crippen MR) is 68.7 cm³/mol. The second kappa shape index (κ2) is 8.06. The Morgan fingerprint density at radius 3 is 2.35 bits per heavy atom. The molecule has 0 radical (unpaired) electrons. The summed E-state index contributed by atoms with van der Waals surface area (Å²) in [6.07, 6.45) is 2.76. The zero-order chi connectivity index (χ0) is 12.5. The molecule has 96 valence electrons. The lowest BCUT2D eigenvalue weighted by molar-refractivity contribution is 0.129. The lowest BCUT2D eigenvalue weighted by Gasteiger charge is -2.08. The fourth-order valence-corrected chi connectivity index (χ4v) is 1.57. The number of hydrogen-bond acceptors (Lipinski definition) is 4. The molecule has 0 aliphatic rings. The minimum Gasteiger partial charge on any atom is -0.494 e. The van der Waals surface area contributed by atoms with Crippen LogP contribution in [0.3, 0.4) is 0 Å². The third-order valence-electron chi connectivity index (χ3n) is 2.41. The van der Waals surface area contributed by atoms with Crippen molar-refractivity contribution < 1.29 is 9.57 Å². The van der Waals surface area contributed by atoms with Crippen LogP contribution in [0.4, 0.5) is 0 Å². The topological polar surface area (TPSA) is 70.5 Å². The molecule has 0 spiro atoms. The van der Waals surface area contributed by atoms with E-state index in [2.05, 4.69) is 17.0 Å². The van der Waals surface area contributed by atoms with Crippen molar-refractivity contribution >= 4 is 0 Å². The Kier molecular flexibility index (Phi) is 6.62. The average molecular weight is 238 g/mol. The molecular formula is C13H22N2O2. The van der Waals surface area contributed by atoms with E-state index in [1.54, 1.807) is 0 Å². The highest BCUT2D eigenvalue weighted by molar-refractivity contribution is 5.27. The summed E-state index contributed by atoms with van der Waals surface area (Å²) in [7, 11) is 0. The first-order valence-corrected chi connectivity index (χ1v) is 6.01. The van der Waals surface area contributed by atoms with Gasteiger partial charge in [0.15, 0.2) is 0 Å². The Hall–Kier alpha value is -1.10. The van der Waals surface area contributed by atoms with Crippen LogP contribution in [0.25, 0.3) is 0 Å². The molecule has 0 aliphatic heterocycles. The summed E-state index contributed by atoms with van der Waals surface area (Å²) in [6.45, 7) is 3.27. The number of rotatable bonds is 8. The van der Waals surface area contributed by atoms with Gasteiger partial charge in [0.1, 0.15) is 5.75 Å². The second-order valence-corrected chi connectivity index (χ2v) is 4.25. The monoisotopic (exact) mass is 238 g/mol. The molecule has 0 fully saturated rings. The minimum atomic E-state index is 0.193. The largest absolute Gasteiger partial charge is 0.494 e. The van der Waals surface area contributed by atoms with Crippen LogP contribution in [0.5, 0.6) is 5.75 Å². The van der Waals surface area contributed by atoms with Crippen LogP contribution in [0.2, 0.25) is 0 Å². The predicted octanol–water partition coefficient (Wildman–Crippen LogP) is 1.63. The van der Waals surface area contributed by atoms with Crippen molar-refractivity contribution in [1.82, 2.24) is 0 Å². The first-order chi connectivity index (χ1) is 8.22. The Balaban J connectivity index is 2.25. The van der Waals surface area contributed by atoms with Gasteiger partial charge >= 0.3 is 0 Å². The zero-order valence-electron chi connectivity index (χ0n) is 10.4. The van der Waals surface area contributed by atoms with E-state index in [4.69, 9.17) is 16.4 Å². The van der Waals surface area contributed by atoms with Crippen LogP contribution < -0.4 is 16.4 Å².